The number of benzene rings is 1. The molecule has 0 saturated carbocycles. The molecular formula is C16H23NO. The van der Waals surface area contributed by atoms with Crippen molar-refractivity contribution < 1.29 is 4.74 Å². The van der Waals surface area contributed by atoms with Crippen molar-refractivity contribution in [3.63, 3.8) is 0 Å². The van der Waals surface area contributed by atoms with E-state index < -0.39 is 0 Å². The van der Waals surface area contributed by atoms with Gasteiger partial charge in [0.05, 0.1) is 7.11 Å². The summed E-state index contributed by atoms with van der Waals surface area (Å²) in [5, 5.41) is 3.54. The molecule has 0 spiro atoms. The first kappa shape index (κ1) is 14.6. The number of methoxy groups -OCH3 is 1. The van der Waals surface area contributed by atoms with Crippen LogP contribution in [0.5, 0.6) is 5.75 Å². The zero-order valence-electron chi connectivity index (χ0n) is 11.6. The van der Waals surface area contributed by atoms with E-state index >= 15 is 0 Å². The van der Waals surface area contributed by atoms with Crippen molar-refractivity contribution >= 4 is 0 Å². The van der Waals surface area contributed by atoms with Gasteiger partial charge in [-0.3, -0.25) is 0 Å². The molecule has 1 unspecified atom stereocenters. The molecule has 1 N–H and O–H groups in total. The Labute approximate surface area is 111 Å². The highest BCUT2D eigenvalue weighted by atomic mass is 16.5. The molecule has 0 aliphatic carbocycles. The van der Waals surface area contributed by atoms with Crippen LogP contribution in [0.15, 0.2) is 18.2 Å². The minimum absolute atomic E-state index is 0.315. The summed E-state index contributed by atoms with van der Waals surface area (Å²) in [6.07, 6.45) is 8.23. The van der Waals surface area contributed by atoms with Gasteiger partial charge in [0.15, 0.2) is 0 Å². The summed E-state index contributed by atoms with van der Waals surface area (Å²) in [5.74, 6) is 3.65. The predicted octanol–water partition coefficient (Wildman–Crippen LogP) is 3.46. The van der Waals surface area contributed by atoms with E-state index in [1.165, 1.54) is 5.56 Å². The van der Waals surface area contributed by atoms with E-state index in [0.717, 1.165) is 37.1 Å². The van der Waals surface area contributed by atoms with Crippen molar-refractivity contribution in [1.82, 2.24) is 5.32 Å². The SMILES string of the molecule is C#CCCC(NCCC)c1ccc(C)c(OC)c1. The Morgan fingerprint density at radius 2 is 2.22 bits per heavy atom. The molecule has 0 radical (unpaired) electrons. The molecule has 0 bridgehead atoms. The zero-order valence-corrected chi connectivity index (χ0v) is 11.6. The van der Waals surface area contributed by atoms with Crippen LogP contribution in [-0.2, 0) is 0 Å². The largest absolute Gasteiger partial charge is 0.496 e. The van der Waals surface area contributed by atoms with Crippen LogP contribution in [0.4, 0.5) is 0 Å². The van der Waals surface area contributed by atoms with Crippen LogP contribution in [0.2, 0.25) is 0 Å². The minimum Gasteiger partial charge on any atom is -0.496 e. The monoisotopic (exact) mass is 245 g/mol. The van der Waals surface area contributed by atoms with Gasteiger partial charge < -0.3 is 10.1 Å². The maximum atomic E-state index is 5.38. The van der Waals surface area contributed by atoms with E-state index in [-0.39, 0.29) is 0 Å². The van der Waals surface area contributed by atoms with Crippen LogP contribution < -0.4 is 10.1 Å². The van der Waals surface area contributed by atoms with Gasteiger partial charge in [-0.25, -0.2) is 0 Å². The van der Waals surface area contributed by atoms with E-state index in [4.69, 9.17) is 11.2 Å². The van der Waals surface area contributed by atoms with Crippen LogP contribution >= 0.6 is 0 Å². The van der Waals surface area contributed by atoms with Gasteiger partial charge in [-0.05, 0) is 43.5 Å². The van der Waals surface area contributed by atoms with Crippen LogP contribution in [0, 0.1) is 19.3 Å². The molecule has 0 aliphatic rings. The summed E-state index contributed by atoms with van der Waals surface area (Å²) in [6, 6.07) is 6.68. The molecule has 98 valence electrons. The number of aryl methyl sites for hydroxylation is 1. The number of nitrogens with one attached hydrogen (secondary N) is 1. The maximum Gasteiger partial charge on any atom is 0.122 e. The Balaban J connectivity index is 2.86. The first-order valence-corrected chi connectivity index (χ1v) is 6.54. The average molecular weight is 245 g/mol. The van der Waals surface area contributed by atoms with Crippen molar-refractivity contribution in [2.75, 3.05) is 13.7 Å². The molecule has 1 aromatic rings. The zero-order chi connectivity index (χ0) is 13.4. The third kappa shape index (κ3) is 4.09. The number of rotatable bonds is 7. The van der Waals surface area contributed by atoms with E-state index in [1.807, 2.05) is 0 Å². The number of terminal acetylenes is 1. The Bertz CT molecular complexity index is 406. The van der Waals surface area contributed by atoms with E-state index in [0.29, 0.717) is 6.04 Å². The quantitative estimate of drug-likeness (QED) is 0.743. The molecule has 0 heterocycles. The first-order valence-electron chi connectivity index (χ1n) is 6.54. The summed E-state index contributed by atoms with van der Waals surface area (Å²) in [6.45, 7) is 5.23. The lowest BCUT2D eigenvalue weighted by Gasteiger charge is -2.19. The molecule has 1 rings (SSSR count). The lowest BCUT2D eigenvalue weighted by molar-refractivity contribution is 0.409. The molecule has 0 aromatic heterocycles. The van der Waals surface area contributed by atoms with Gasteiger partial charge in [-0.15, -0.1) is 12.3 Å². The van der Waals surface area contributed by atoms with E-state index in [2.05, 4.69) is 43.3 Å². The Morgan fingerprint density at radius 1 is 1.44 bits per heavy atom. The maximum absolute atomic E-state index is 5.38. The fraction of sp³-hybridized carbons (Fsp3) is 0.500. The molecule has 0 saturated heterocycles. The van der Waals surface area contributed by atoms with Gasteiger partial charge in [-0.2, -0.15) is 0 Å². The van der Waals surface area contributed by atoms with Crippen molar-refractivity contribution in [2.45, 2.75) is 39.2 Å². The second-order valence-electron chi connectivity index (χ2n) is 4.48. The molecular weight excluding hydrogens is 222 g/mol. The molecule has 0 fully saturated rings. The van der Waals surface area contributed by atoms with Crippen molar-refractivity contribution in [2.24, 2.45) is 0 Å². The van der Waals surface area contributed by atoms with Gasteiger partial charge in [0.1, 0.15) is 5.75 Å². The van der Waals surface area contributed by atoms with Crippen LogP contribution in [0.3, 0.4) is 0 Å². The molecule has 2 nitrogen and oxygen atoms in total. The summed E-state index contributed by atoms with van der Waals surface area (Å²) in [7, 11) is 1.71. The van der Waals surface area contributed by atoms with E-state index in [9.17, 15) is 0 Å². The Hall–Kier alpha value is -1.46. The van der Waals surface area contributed by atoms with Crippen molar-refractivity contribution in [1.29, 1.82) is 0 Å². The number of ether oxygens (including phenoxy) is 1. The normalized spacial score (nSPS) is 11.9. The second-order valence-corrected chi connectivity index (χ2v) is 4.48. The summed E-state index contributed by atoms with van der Waals surface area (Å²) in [5.41, 5.74) is 2.41. The lowest BCUT2D eigenvalue weighted by atomic mass is 10.00. The van der Waals surface area contributed by atoms with Crippen LogP contribution in [-0.4, -0.2) is 13.7 Å². The molecule has 1 aromatic carbocycles. The topological polar surface area (TPSA) is 21.3 Å². The van der Waals surface area contributed by atoms with Crippen molar-refractivity contribution in [3.05, 3.63) is 29.3 Å². The number of hydrogen-bond acceptors (Lipinski definition) is 2. The highest BCUT2D eigenvalue weighted by molar-refractivity contribution is 5.37. The van der Waals surface area contributed by atoms with Crippen molar-refractivity contribution in [3.8, 4) is 18.1 Å². The van der Waals surface area contributed by atoms with Gasteiger partial charge >= 0.3 is 0 Å². The molecule has 0 amide bonds. The molecule has 0 aliphatic heterocycles. The summed E-state index contributed by atoms with van der Waals surface area (Å²) >= 11 is 0. The van der Waals surface area contributed by atoms with Gasteiger partial charge in [0, 0.05) is 12.5 Å². The van der Waals surface area contributed by atoms with Crippen LogP contribution in [0.1, 0.15) is 43.4 Å². The third-order valence-electron chi connectivity index (χ3n) is 3.05. The van der Waals surface area contributed by atoms with Crippen LogP contribution in [0.25, 0.3) is 0 Å². The minimum atomic E-state index is 0.315. The standard InChI is InChI=1S/C16H23NO/c1-5-7-8-15(17-11-6-2)14-10-9-13(3)16(12-14)18-4/h1,9-10,12,15,17H,6-8,11H2,2-4H3. The smallest absolute Gasteiger partial charge is 0.122 e. The highest BCUT2D eigenvalue weighted by Crippen LogP contribution is 2.25. The predicted molar refractivity (Wildman–Crippen MR) is 76.8 cm³/mol. The second kappa shape index (κ2) is 7.79. The fourth-order valence-electron chi connectivity index (χ4n) is 1.99. The van der Waals surface area contributed by atoms with Gasteiger partial charge in [0.2, 0.25) is 0 Å². The molecule has 1 atom stereocenters. The first-order chi connectivity index (χ1) is 8.72. The Morgan fingerprint density at radius 3 is 2.83 bits per heavy atom. The fourth-order valence-corrected chi connectivity index (χ4v) is 1.99. The molecule has 2 heteroatoms. The van der Waals surface area contributed by atoms with E-state index in [1.54, 1.807) is 7.11 Å². The third-order valence-corrected chi connectivity index (χ3v) is 3.05. The Kier molecular flexibility index (Phi) is 6.32. The van der Waals surface area contributed by atoms with Gasteiger partial charge in [0.25, 0.3) is 0 Å². The summed E-state index contributed by atoms with van der Waals surface area (Å²) < 4.78 is 5.38. The number of hydrogen-bond donors (Lipinski definition) is 1. The average Bonchev–Trinajstić information content (AvgIpc) is 2.40. The van der Waals surface area contributed by atoms with Gasteiger partial charge in [-0.1, -0.05) is 19.1 Å². The summed E-state index contributed by atoms with van der Waals surface area (Å²) in [4.78, 5) is 0. The highest BCUT2D eigenvalue weighted by Gasteiger charge is 2.11. The lowest BCUT2D eigenvalue weighted by Crippen LogP contribution is -2.22. The molecule has 18 heavy (non-hydrogen) atoms.